The van der Waals surface area contributed by atoms with E-state index < -0.39 is 0 Å². The number of anilines is 1. The summed E-state index contributed by atoms with van der Waals surface area (Å²) in [6.07, 6.45) is 0. The van der Waals surface area contributed by atoms with Crippen molar-refractivity contribution in [3.8, 4) is 34.3 Å². The zero-order valence-electron chi connectivity index (χ0n) is 17.3. The minimum atomic E-state index is -0.352. The van der Waals surface area contributed by atoms with Gasteiger partial charge in [0.05, 0.1) is 7.11 Å². The van der Waals surface area contributed by atoms with E-state index in [0.717, 1.165) is 11.3 Å². The summed E-state index contributed by atoms with van der Waals surface area (Å²) < 4.78 is 21.1. The second kappa shape index (κ2) is 9.98. The molecular formula is C21H19N5O5S. The highest BCUT2D eigenvalue weighted by molar-refractivity contribution is 7.15. The molecule has 0 unspecified atom stereocenters. The highest BCUT2D eigenvalue weighted by Crippen LogP contribution is 2.26. The van der Waals surface area contributed by atoms with Crippen LogP contribution in [0.3, 0.4) is 0 Å². The van der Waals surface area contributed by atoms with Crippen LogP contribution in [0.4, 0.5) is 5.13 Å². The van der Waals surface area contributed by atoms with Gasteiger partial charge in [-0.3, -0.25) is 10.1 Å². The standard InChI is InChI=1S/C21H19N5O5S/c1-28-12-18-24-25-21(32-18)22-17(27)11-30-16-5-3-4-14(10-16)20-23-19(26-31-20)13-6-8-15(29-2)9-7-13/h3-10H,11-12H2,1-2H3,(H,22,25,27). The van der Waals surface area contributed by atoms with Crippen molar-refractivity contribution in [2.45, 2.75) is 6.61 Å². The Labute approximate surface area is 187 Å². The molecule has 0 saturated carbocycles. The number of hydrogen-bond donors (Lipinski definition) is 1. The van der Waals surface area contributed by atoms with Gasteiger partial charge in [-0.2, -0.15) is 4.98 Å². The number of nitrogens with one attached hydrogen (secondary N) is 1. The average Bonchev–Trinajstić information content (AvgIpc) is 3.48. The third-order valence-electron chi connectivity index (χ3n) is 4.21. The van der Waals surface area contributed by atoms with Gasteiger partial charge < -0.3 is 18.7 Å². The van der Waals surface area contributed by atoms with E-state index >= 15 is 0 Å². The van der Waals surface area contributed by atoms with Gasteiger partial charge in [0.1, 0.15) is 23.1 Å². The maximum absolute atomic E-state index is 12.1. The molecular weight excluding hydrogens is 434 g/mol. The van der Waals surface area contributed by atoms with Gasteiger partial charge in [-0.25, -0.2) is 0 Å². The maximum atomic E-state index is 12.1. The van der Waals surface area contributed by atoms with Crippen LogP contribution >= 0.6 is 11.3 Å². The second-order valence-corrected chi connectivity index (χ2v) is 7.51. The van der Waals surface area contributed by atoms with Crippen molar-refractivity contribution in [3.05, 3.63) is 53.5 Å². The van der Waals surface area contributed by atoms with E-state index in [9.17, 15) is 4.79 Å². The minimum Gasteiger partial charge on any atom is -0.497 e. The Morgan fingerprint density at radius 2 is 1.91 bits per heavy atom. The molecule has 0 saturated heterocycles. The number of hydrogen-bond acceptors (Lipinski definition) is 10. The molecule has 0 bridgehead atoms. The van der Waals surface area contributed by atoms with Crippen LogP contribution in [0.2, 0.25) is 0 Å². The fourth-order valence-electron chi connectivity index (χ4n) is 2.71. The van der Waals surface area contributed by atoms with Crippen LogP contribution in [0.25, 0.3) is 22.8 Å². The quantitative estimate of drug-likeness (QED) is 0.406. The van der Waals surface area contributed by atoms with Crippen LogP contribution in [0.5, 0.6) is 11.5 Å². The number of nitrogens with zero attached hydrogens (tertiary/aromatic N) is 4. The highest BCUT2D eigenvalue weighted by atomic mass is 32.1. The number of rotatable bonds is 9. The zero-order valence-corrected chi connectivity index (χ0v) is 18.1. The highest BCUT2D eigenvalue weighted by Gasteiger charge is 2.13. The Morgan fingerprint density at radius 1 is 1.06 bits per heavy atom. The molecule has 0 aliphatic carbocycles. The normalized spacial score (nSPS) is 10.7. The molecule has 0 aliphatic rings. The predicted octanol–water partition coefficient (Wildman–Crippen LogP) is 3.43. The van der Waals surface area contributed by atoms with Crippen molar-refractivity contribution >= 4 is 22.4 Å². The van der Waals surface area contributed by atoms with Crippen LogP contribution in [0.1, 0.15) is 5.01 Å². The molecule has 0 radical (unpaired) electrons. The van der Waals surface area contributed by atoms with Gasteiger partial charge in [0.15, 0.2) is 6.61 Å². The summed E-state index contributed by atoms with van der Waals surface area (Å²) in [6, 6.07) is 14.4. The van der Waals surface area contributed by atoms with Crippen LogP contribution in [-0.2, 0) is 16.1 Å². The molecule has 1 amide bonds. The number of carbonyl (C=O) groups is 1. The van der Waals surface area contributed by atoms with Crippen LogP contribution in [0.15, 0.2) is 53.1 Å². The van der Waals surface area contributed by atoms with Crippen molar-refractivity contribution < 1.29 is 23.5 Å². The first-order chi connectivity index (χ1) is 15.6. The number of amides is 1. The lowest BCUT2D eigenvalue weighted by Crippen LogP contribution is -2.20. The van der Waals surface area contributed by atoms with Crippen LogP contribution < -0.4 is 14.8 Å². The number of benzene rings is 2. The van der Waals surface area contributed by atoms with Gasteiger partial charge in [0.2, 0.25) is 11.0 Å². The third kappa shape index (κ3) is 5.25. The molecule has 4 rings (SSSR count). The Balaban J connectivity index is 1.38. The summed E-state index contributed by atoms with van der Waals surface area (Å²) in [7, 11) is 3.17. The van der Waals surface area contributed by atoms with Crippen molar-refractivity contribution in [1.29, 1.82) is 0 Å². The zero-order chi connectivity index (χ0) is 22.3. The first-order valence-corrected chi connectivity index (χ1v) is 10.3. The van der Waals surface area contributed by atoms with Crippen LogP contribution in [0, 0.1) is 0 Å². The fourth-order valence-corrected chi connectivity index (χ4v) is 3.44. The Kier molecular flexibility index (Phi) is 6.68. The summed E-state index contributed by atoms with van der Waals surface area (Å²) in [5, 5.41) is 15.5. The summed E-state index contributed by atoms with van der Waals surface area (Å²) in [4.78, 5) is 16.6. The van der Waals surface area contributed by atoms with Gasteiger partial charge >= 0.3 is 0 Å². The predicted molar refractivity (Wildman–Crippen MR) is 116 cm³/mol. The Hall–Kier alpha value is -3.83. The van der Waals surface area contributed by atoms with Gasteiger partial charge in [0.25, 0.3) is 11.8 Å². The summed E-state index contributed by atoms with van der Waals surface area (Å²) in [6.45, 7) is 0.149. The SMILES string of the molecule is COCc1nnc(NC(=O)COc2cccc(-c3nc(-c4ccc(OC)cc4)no3)c2)s1. The van der Waals surface area contributed by atoms with Gasteiger partial charge in [0, 0.05) is 18.2 Å². The van der Waals surface area contributed by atoms with E-state index in [1.807, 2.05) is 30.3 Å². The Bertz CT molecular complexity index is 1190. The molecule has 10 nitrogen and oxygen atoms in total. The molecule has 164 valence electrons. The van der Waals surface area contributed by atoms with Crippen molar-refractivity contribution in [2.24, 2.45) is 0 Å². The molecule has 0 atom stereocenters. The smallest absolute Gasteiger partial charge is 0.264 e. The van der Waals surface area contributed by atoms with E-state index in [-0.39, 0.29) is 12.5 Å². The lowest BCUT2D eigenvalue weighted by Gasteiger charge is -2.06. The molecule has 4 aromatic rings. The molecule has 32 heavy (non-hydrogen) atoms. The largest absolute Gasteiger partial charge is 0.497 e. The minimum absolute atomic E-state index is 0.191. The number of methoxy groups -OCH3 is 2. The molecule has 2 heterocycles. The van der Waals surface area contributed by atoms with E-state index in [2.05, 4.69) is 25.7 Å². The number of aromatic nitrogens is 4. The van der Waals surface area contributed by atoms with E-state index in [0.29, 0.717) is 39.8 Å². The van der Waals surface area contributed by atoms with E-state index in [4.69, 9.17) is 18.7 Å². The lowest BCUT2D eigenvalue weighted by atomic mass is 10.2. The molecule has 0 fully saturated rings. The first kappa shape index (κ1) is 21.4. The van der Waals surface area contributed by atoms with Crippen molar-refractivity contribution in [1.82, 2.24) is 20.3 Å². The van der Waals surface area contributed by atoms with Crippen molar-refractivity contribution in [2.75, 3.05) is 26.1 Å². The van der Waals surface area contributed by atoms with E-state index in [1.165, 1.54) is 11.3 Å². The molecule has 0 aliphatic heterocycles. The molecule has 2 aromatic carbocycles. The maximum Gasteiger partial charge on any atom is 0.264 e. The van der Waals surface area contributed by atoms with E-state index in [1.54, 1.807) is 32.4 Å². The van der Waals surface area contributed by atoms with Crippen molar-refractivity contribution in [3.63, 3.8) is 0 Å². The van der Waals surface area contributed by atoms with Gasteiger partial charge in [-0.1, -0.05) is 22.6 Å². The Morgan fingerprint density at radius 3 is 2.69 bits per heavy atom. The number of carbonyl (C=O) groups excluding carboxylic acids is 1. The summed E-state index contributed by atoms with van der Waals surface area (Å²) in [5.74, 6) is 1.67. The van der Waals surface area contributed by atoms with Gasteiger partial charge in [-0.15, -0.1) is 10.2 Å². The summed E-state index contributed by atoms with van der Waals surface area (Å²) >= 11 is 1.24. The molecule has 0 spiro atoms. The first-order valence-electron chi connectivity index (χ1n) is 9.47. The monoisotopic (exact) mass is 453 g/mol. The molecule has 11 heteroatoms. The summed E-state index contributed by atoms with van der Waals surface area (Å²) in [5.41, 5.74) is 1.47. The molecule has 1 N–H and O–H groups in total. The van der Waals surface area contributed by atoms with Crippen LogP contribution in [-0.4, -0.2) is 47.1 Å². The second-order valence-electron chi connectivity index (χ2n) is 6.45. The third-order valence-corrected chi connectivity index (χ3v) is 5.02. The van der Waals surface area contributed by atoms with Gasteiger partial charge in [-0.05, 0) is 42.5 Å². The molecule has 2 aromatic heterocycles. The number of ether oxygens (including phenoxy) is 3. The average molecular weight is 453 g/mol. The lowest BCUT2D eigenvalue weighted by molar-refractivity contribution is -0.118. The fraction of sp³-hybridized carbons (Fsp3) is 0.190. The topological polar surface area (TPSA) is 121 Å².